The molecule has 18 heavy (non-hydrogen) atoms. The Morgan fingerprint density at radius 2 is 1.78 bits per heavy atom. The number of hydrogen-bond acceptors (Lipinski definition) is 2. The Bertz CT molecular complexity index is 304. The number of nitrogens with zero attached hydrogens (tertiary/aromatic N) is 1. The van der Waals surface area contributed by atoms with Crippen LogP contribution in [0.3, 0.4) is 0 Å². The van der Waals surface area contributed by atoms with Crippen molar-refractivity contribution in [2.45, 2.75) is 57.0 Å². The number of terminal acetylenes is 1. The predicted molar refractivity (Wildman–Crippen MR) is 75.3 cm³/mol. The van der Waals surface area contributed by atoms with Crippen LogP contribution in [0.4, 0.5) is 0 Å². The minimum atomic E-state index is 0.832. The SMILES string of the molecule is C#CCN(CCC1CC2CCC(C1)N2)CC1CC1. The molecule has 2 nitrogen and oxygen atoms in total. The van der Waals surface area contributed by atoms with Crippen LogP contribution in [0.15, 0.2) is 0 Å². The fourth-order valence-corrected chi connectivity index (χ4v) is 3.81. The van der Waals surface area contributed by atoms with Crippen molar-refractivity contribution in [3.8, 4) is 12.3 Å². The van der Waals surface area contributed by atoms with E-state index in [4.69, 9.17) is 6.42 Å². The monoisotopic (exact) mass is 246 g/mol. The van der Waals surface area contributed by atoms with E-state index in [0.717, 1.165) is 30.5 Å². The first-order chi connectivity index (χ1) is 8.83. The smallest absolute Gasteiger partial charge is 0.0599 e. The lowest BCUT2D eigenvalue weighted by atomic mass is 9.89. The molecule has 2 aliphatic heterocycles. The van der Waals surface area contributed by atoms with Crippen LogP contribution in [0.1, 0.15) is 44.9 Å². The fourth-order valence-electron chi connectivity index (χ4n) is 3.81. The maximum atomic E-state index is 5.49. The number of rotatable bonds is 6. The molecular weight excluding hydrogens is 220 g/mol. The zero-order chi connectivity index (χ0) is 12.4. The molecule has 2 atom stereocenters. The van der Waals surface area contributed by atoms with Gasteiger partial charge in [0.1, 0.15) is 0 Å². The Kier molecular flexibility index (Phi) is 3.91. The van der Waals surface area contributed by atoms with Gasteiger partial charge in [0.2, 0.25) is 0 Å². The van der Waals surface area contributed by atoms with Crippen molar-refractivity contribution >= 4 is 0 Å². The van der Waals surface area contributed by atoms with Gasteiger partial charge in [-0.05, 0) is 63.3 Å². The van der Waals surface area contributed by atoms with E-state index in [9.17, 15) is 0 Å². The lowest BCUT2D eigenvalue weighted by Gasteiger charge is -2.30. The van der Waals surface area contributed by atoms with E-state index < -0.39 is 0 Å². The maximum absolute atomic E-state index is 5.49. The third kappa shape index (κ3) is 3.28. The van der Waals surface area contributed by atoms with Crippen LogP contribution in [-0.2, 0) is 0 Å². The second kappa shape index (κ2) is 5.63. The summed E-state index contributed by atoms with van der Waals surface area (Å²) in [5, 5.41) is 3.73. The molecule has 2 heteroatoms. The van der Waals surface area contributed by atoms with Crippen molar-refractivity contribution in [1.29, 1.82) is 0 Å². The molecule has 3 fully saturated rings. The Morgan fingerprint density at radius 3 is 2.39 bits per heavy atom. The summed E-state index contributed by atoms with van der Waals surface area (Å²) < 4.78 is 0. The average molecular weight is 246 g/mol. The van der Waals surface area contributed by atoms with Gasteiger partial charge < -0.3 is 5.32 Å². The van der Waals surface area contributed by atoms with Crippen LogP contribution in [0, 0.1) is 24.2 Å². The normalized spacial score (nSPS) is 34.8. The lowest BCUT2D eigenvalue weighted by molar-refractivity contribution is 0.227. The first-order valence-corrected chi connectivity index (χ1v) is 7.75. The fraction of sp³-hybridized carbons (Fsp3) is 0.875. The molecule has 1 saturated carbocycles. The van der Waals surface area contributed by atoms with Gasteiger partial charge in [0.25, 0.3) is 0 Å². The van der Waals surface area contributed by atoms with E-state index in [1.165, 1.54) is 58.0 Å². The minimum Gasteiger partial charge on any atom is -0.311 e. The number of nitrogens with one attached hydrogen (secondary N) is 1. The molecule has 0 aromatic heterocycles. The standard InChI is InChI=1S/C16H26N2/c1-2-8-18(12-13-3-4-13)9-7-14-10-15-5-6-16(11-14)17-15/h1,13-17H,3-12H2. The van der Waals surface area contributed by atoms with Gasteiger partial charge in [-0.25, -0.2) is 0 Å². The molecule has 3 rings (SSSR count). The Balaban J connectivity index is 1.42. The average Bonchev–Trinajstić information content (AvgIpc) is 3.12. The number of hydrogen-bond donors (Lipinski definition) is 1. The van der Waals surface area contributed by atoms with Gasteiger partial charge in [0.15, 0.2) is 0 Å². The minimum absolute atomic E-state index is 0.832. The summed E-state index contributed by atoms with van der Waals surface area (Å²) in [5.41, 5.74) is 0. The summed E-state index contributed by atoms with van der Waals surface area (Å²) in [7, 11) is 0. The second-order valence-electron chi connectivity index (χ2n) is 6.65. The van der Waals surface area contributed by atoms with Gasteiger partial charge in [-0.2, -0.15) is 0 Å². The molecule has 2 bridgehead atoms. The highest BCUT2D eigenvalue weighted by atomic mass is 15.1. The molecule has 1 aliphatic carbocycles. The first kappa shape index (κ1) is 12.5. The maximum Gasteiger partial charge on any atom is 0.0599 e. The highest BCUT2D eigenvalue weighted by Crippen LogP contribution is 2.33. The van der Waals surface area contributed by atoms with Crippen molar-refractivity contribution < 1.29 is 0 Å². The first-order valence-electron chi connectivity index (χ1n) is 7.75. The molecule has 1 N–H and O–H groups in total. The van der Waals surface area contributed by atoms with E-state index >= 15 is 0 Å². The van der Waals surface area contributed by atoms with Crippen LogP contribution < -0.4 is 5.32 Å². The summed E-state index contributed by atoms with van der Waals surface area (Å²) in [6, 6.07) is 1.66. The van der Waals surface area contributed by atoms with E-state index in [1.54, 1.807) is 0 Å². The van der Waals surface area contributed by atoms with Crippen LogP contribution in [-0.4, -0.2) is 36.6 Å². The zero-order valence-electron chi connectivity index (χ0n) is 11.4. The number of fused-ring (bicyclic) bond motifs is 2. The van der Waals surface area contributed by atoms with Gasteiger partial charge in [-0.3, -0.25) is 4.90 Å². The van der Waals surface area contributed by atoms with Crippen molar-refractivity contribution in [2.24, 2.45) is 11.8 Å². The molecule has 0 radical (unpaired) electrons. The van der Waals surface area contributed by atoms with E-state index in [-0.39, 0.29) is 0 Å². The van der Waals surface area contributed by atoms with E-state index in [2.05, 4.69) is 16.1 Å². The van der Waals surface area contributed by atoms with Crippen molar-refractivity contribution in [2.75, 3.05) is 19.6 Å². The molecule has 2 unspecified atom stereocenters. The van der Waals surface area contributed by atoms with Gasteiger partial charge in [0.05, 0.1) is 6.54 Å². The zero-order valence-corrected chi connectivity index (χ0v) is 11.4. The topological polar surface area (TPSA) is 15.3 Å². The molecule has 2 saturated heterocycles. The molecule has 2 heterocycles. The lowest BCUT2D eigenvalue weighted by Crippen LogP contribution is -2.39. The Hall–Kier alpha value is -0.520. The molecule has 0 spiro atoms. The molecule has 0 aromatic rings. The molecule has 0 amide bonds. The van der Waals surface area contributed by atoms with Gasteiger partial charge in [0, 0.05) is 18.6 Å². The molecule has 3 aliphatic rings. The largest absolute Gasteiger partial charge is 0.311 e. The number of piperidine rings is 1. The van der Waals surface area contributed by atoms with Gasteiger partial charge >= 0.3 is 0 Å². The van der Waals surface area contributed by atoms with Crippen molar-refractivity contribution in [3.63, 3.8) is 0 Å². The molecular formula is C16H26N2. The van der Waals surface area contributed by atoms with Crippen LogP contribution in [0.2, 0.25) is 0 Å². The summed E-state index contributed by atoms with van der Waals surface area (Å²) >= 11 is 0. The van der Waals surface area contributed by atoms with E-state index in [0.29, 0.717) is 0 Å². The quantitative estimate of drug-likeness (QED) is 0.723. The Morgan fingerprint density at radius 1 is 1.06 bits per heavy atom. The van der Waals surface area contributed by atoms with Crippen molar-refractivity contribution in [1.82, 2.24) is 10.2 Å². The summed E-state index contributed by atoms with van der Waals surface area (Å²) in [4.78, 5) is 2.52. The molecule has 100 valence electrons. The highest BCUT2D eigenvalue weighted by Gasteiger charge is 2.33. The summed E-state index contributed by atoms with van der Waals surface area (Å²) in [5.74, 6) is 4.74. The second-order valence-corrected chi connectivity index (χ2v) is 6.65. The van der Waals surface area contributed by atoms with E-state index in [1.807, 2.05) is 0 Å². The Labute approximate surface area is 112 Å². The van der Waals surface area contributed by atoms with Gasteiger partial charge in [-0.15, -0.1) is 6.42 Å². The summed E-state index contributed by atoms with van der Waals surface area (Å²) in [6.45, 7) is 3.33. The van der Waals surface area contributed by atoms with Crippen LogP contribution in [0.25, 0.3) is 0 Å². The highest BCUT2D eigenvalue weighted by molar-refractivity contribution is 4.93. The van der Waals surface area contributed by atoms with Crippen LogP contribution >= 0.6 is 0 Å². The van der Waals surface area contributed by atoms with Crippen molar-refractivity contribution in [3.05, 3.63) is 0 Å². The predicted octanol–water partition coefficient (Wildman–Crippen LogP) is 2.25. The third-order valence-electron chi connectivity index (χ3n) is 4.95. The third-order valence-corrected chi connectivity index (χ3v) is 4.95. The summed E-state index contributed by atoms with van der Waals surface area (Å²) in [6.07, 6.45) is 15.4. The molecule has 0 aromatic carbocycles. The van der Waals surface area contributed by atoms with Crippen LogP contribution in [0.5, 0.6) is 0 Å². The van der Waals surface area contributed by atoms with Gasteiger partial charge in [-0.1, -0.05) is 5.92 Å².